The number of aliphatic hydroxyl groups is 1. The minimum Gasteiger partial charge on any atom is -0.396 e. The SMILES string of the molecule is Cc1nc(C)n(-c2cc([C@H]3C[C@@H]3CO)nc(C3CC3)n2)n1. The Hall–Kier alpha value is -1.82. The van der Waals surface area contributed by atoms with Gasteiger partial charge in [0, 0.05) is 30.2 Å². The summed E-state index contributed by atoms with van der Waals surface area (Å²) in [5.41, 5.74) is 1.05. The Morgan fingerprint density at radius 2 is 2.05 bits per heavy atom. The van der Waals surface area contributed by atoms with E-state index in [9.17, 15) is 5.11 Å². The zero-order chi connectivity index (χ0) is 14.6. The molecule has 2 heterocycles. The molecule has 2 fully saturated rings. The van der Waals surface area contributed by atoms with Gasteiger partial charge in [0.25, 0.3) is 0 Å². The molecule has 2 aliphatic rings. The third kappa shape index (κ3) is 2.33. The van der Waals surface area contributed by atoms with Gasteiger partial charge in [0.05, 0.1) is 0 Å². The number of hydrogen-bond acceptors (Lipinski definition) is 5. The summed E-state index contributed by atoms with van der Waals surface area (Å²) in [6.07, 6.45) is 3.37. The Labute approximate surface area is 123 Å². The van der Waals surface area contributed by atoms with Crippen molar-refractivity contribution in [2.75, 3.05) is 6.61 Å². The molecule has 2 aromatic rings. The molecule has 2 saturated carbocycles. The molecule has 0 unspecified atom stereocenters. The van der Waals surface area contributed by atoms with Gasteiger partial charge in [-0.05, 0) is 39.0 Å². The summed E-state index contributed by atoms with van der Waals surface area (Å²) >= 11 is 0. The summed E-state index contributed by atoms with van der Waals surface area (Å²) in [6, 6.07) is 2.01. The molecule has 2 aromatic heterocycles. The smallest absolute Gasteiger partial charge is 0.159 e. The highest BCUT2D eigenvalue weighted by Gasteiger charge is 2.40. The molecule has 0 radical (unpaired) electrons. The lowest BCUT2D eigenvalue weighted by molar-refractivity contribution is 0.273. The van der Waals surface area contributed by atoms with Gasteiger partial charge in [-0.25, -0.2) is 15.0 Å². The first kappa shape index (κ1) is 12.9. The third-order valence-electron chi connectivity index (χ3n) is 4.32. The van der Waals surface area contributed by atoms with Crippen molar-refractivity contribution < 1.29 is 5.11 Å². The minimum atomic E-state index is 0.240. The lowest BCUT2D eigenvalue weighted by atomic mass is 10.2. The Balaban J connectivity index is 1.77. The Morgan fingerprint density at radius 1 is 1.24 bits per heavy atom. The second-order valence-electron chi connectivity index (χ2n) is 6.19. The van der Waals surface area contributed by atoms with Crippen LogP contribution in [0.5, 0.6) is 0 Å². The van der Waals surface area contributed by atoms with E-state index in [1.165, 1.54) is 12.8 Å². The highest BCUT2D eigenvalue weighted by molar-refractivity contribution is 5.31. The molecule has 4 rings (SSSR count). The van der Waals surface area contributed by atoms with Crippen molar-refractivity contribution >= 4 is 0 Å². The number of nitrogens with zero attached hydrogens (tertiary/aromatic N) is 5. The maximum Gasteiger partial charge on any atom is 0.159 e. The maximum atomic E-state index is 9.29. The van der Waals surface area contributed by atoms with Crippen LogP contribution in [0.4, 0.5) is 0 Å². The summed E-state index contributed by atoms with van der Waals surface area (Å²) in [7, 11) is 0. The summed E-state index contributed by atoms with van der Waals surface area (Å²) in [5, 5.41) is 13.7. The molecule has 0 spiro atoms. The fourth-order valence-corrected chi connectivity index (χ4v) is 2.84. The lowest BCUT2D eigenvalue weighted by Gasteiger charge is -2.08. The average Bonchev–Trinajstić information content (AvgIpc) is 3.37. The summed E-state index contributed by atoms with van der Waals surface area (Å²) in [6.45, 7) is 4.06. The molecule has 0 aliphatic heterocycles. The fraction of sp³-hybridized carbons (Fsp3) is 0.600. The first-order valence-corrected chi connectivity index (χ1v) is 7.56. The van der Waals surface area contributed by atoms with Crippen molar-refractivity contribution in [2.45, 2.75) is 44.9 Å². The second kappa shape index (κ2) is 4.59. The van der Waals surface area contributed by atoms with E-state index in [4.69, 9.17) is 4.98 Å². The van der Waals surface area contributed by atoms with Crippen molar-refractivity contribution in [1.29, 1.82) is 0 Å². The van der Waals surface area contributed by atoms with Crippen LogP contribution in [0.25, 0.3) is 5.82 Å². The van der Waals surface area contributed by atoms with Crippen LogP contribution in [-0.2, 0) is 0 Å². The van der Waals surface area contributed by atoms with Gasteiger partial charge in [-0.1, -0.05) is 0 Å². The maximum absolute atomic E-state index is 9.29. The second-order valence-corrected chi connectivity index (χ2v) is 6.19. The number of aliphatic hydroxyl groups excluding tert-OH is 1. The van der Waals surface area contributed by atoms with E-state index in [0.717, 1.165) is 35.4 Å². The van der Waals surface area contributed by atoms with E-state index in [1.807, 2.05) is 19.9 Å². The first-order chi connectivity index (χ1) is 10.2. The fourth-order valence-electron chi connectivity index (χ4n) is 2.84. The normalized spacial score (nSPS) is 24.3. The van der Waals surface area contributed by atoms with Crippen LogP contribution in [0, 0.1) is 19.8 Å². The largest absolute Gasteiger partial charge is 0.396 e. The van der Waals surface area contributed by atoms with E-state index >= 15 is 0 Å². The molecule has 0 amide bonds. The topological polar surface area (TPSA) is 76.7 Å². The van der Waals surface area contributed by atoms with E-state index in [1.54, 1.807) is 4.68 Å². The number of aryl methyl sites for hydroxylation is 2. The zero-order valence-corrected chi connectivity index (χ0v) is 12.3. The summed E-state index contributed by atoms with van der Waals surface area (Å²) in [5.74, 6) is 4.56. The van der Waals surface area contributed by atoms with Crippen molar-refractivity contribution in [3.63, 3.8) is 0 Å². The molecule has 2 aliphatic carbocycles. The highest BCUT2D eigenvalue weighted by Crippen LogP contribution is 2.47. The number of rotatable bonds is 4. The third-order valence-corrected chi connectivity index (χ3v) is 4.32. The van der Waals surface area contributed by atoms with Gasteiger partial charge in [-0.3, -0.25) is 0 Å². The number of hydrogen-bond donors (Lipinski definition) is 1. The van der Waals surface area contributed by atoms with Gasteiger partial charge in [-0.15, -0.1) is 5.10 Å². The van der Waals surface area contributed by atoms with E-state index in [0.29, 0.717) is 17.8 Å². The van der Waals surface area contributed by atoms with Gasteiger partial charge in [-0.2, -0.15) is 4.68 Å². The molecule has 6 heteroatoms. The van der Waals surface area contributed by atoms with E-state index < -0.39 is 0 Å². The van der Waals surface area contributed by atoms with Crippen LogP contribution in [0.15, 0.2) is 6.07 Å². The molecular formula is C15H19N5O. The van der Waals surface area contributed by atoms with Crippen molar-refractivity contribution in [2.24, 2.45) is 5.92 Å². The molecule has 110 valence electrons. The summed E-state index contributed by atoms with van der Waals surface area (Å²) < 4.78 is 1.79. The zero-order valence-electron chi connectivity index (χ0n) is 12.3. The molecule has 0 saturated heterocycles. The van der Waals surface area contributed by atoms with Crippen LogP contribution >= 0.6 is 0 Å². The van der Waals surface area contributed by atoms with Crippen LogP contribution in [-0.4, -0.2) is 36.4 Å². The quantitative estimate of drug-likeness (QED) is 0.924. The monoisotopic (exact) mass is 285 g/mol. The van der Waals surface area contributed by atoms with Gasteiger partial charge in [0.1, 0.15) is 17.5 Å². The molecule has 2 atom stereocenters. The molecule has 6 nitrogen and oxygen atoms in total. The van der Waals surface area contributed by atoms with E-state index in [2.05, 4.69) is 15.1 Å². The van der Waals surface area contributed by atoms with Crippen molar-refractivity contribution in [3.8, 4) is 5.82 Å². The molecule has 1 N–H and O–H groups in total. The molecular weight excluding hydrogens is 266 g/mol. The molecule has 0 aromatic carbocycles. The lowest BCUT2D eigenvalue weighted by Crippen LogP contribution is -2.08. The molecule has 21 heavy (non-hydrogen) atoms. The van der Waals surface area contributed by atoms with Crippen molar-refractivity contribution in [1.82, 2.24) is 24.7 Å². The Morgan fingerprint density at radius 3 is 2.62 bits per heavy atom. The number of aromatic nitrogens is 5. The minimum absolute atomic E-state index is 0.240. The van der Waals surface area contributed by atoms with Crippen LogP contribution < -0.4 is 0 Å². The summed E-state index contributed by atoms with van der Waals surface area (Å²) in [4.78, 5) is 13.8. The predicted octanol–water partition coefficient (Wildman–Crippen LogP) is 1.65. The van der Waals surface area contributed by atoms with Gasteiger partial charge >= 0.3 is 0 Å². The first-order valence-electron chi connectivity index (χ1n) is 7.56. The van der Waals surface area contributed by atoms with E-state index in [-0.39, 0.29) is 6.61 Å². The van der Waals surface area contributed by atoms with Gasteiger partial charge < -0.3 is 5.11 Å². The van der Waals surface area contributed by atoms with Crippen LogP contribution in [0.2, 0.25) is 0 Å². The van der Waals surface area contributed by atoms with Gasteiger partial charge in [0.2, 0.25) is 0 Å². The van der Waals surface area contributed by atoms with Gasteiger partial charge in [0.15, 0.2) is 5.82 Å². The average molecular weight is 285 g/mol. The standard InChI is InChI=1S/C15H19N5O/c1-8-16-9(2)20(19-8)14-6-13(12-5-11(12)7-21)17-15(18-14)10-3-4-10/h6,10-12,21H,3-5,7H2,1-2H3/t11-,12+/m1/s1. The van der Waals surface area contributed by atoms with Crippen LogP contribution in [0.1, 0.15) is 54.3 Å². The Kier molecular flexibility index (Phi) is 2.82. The van der Waals surface area contributed by atoms with Crippen molar-refractivity contribution in [3.05, 3.63) is 29.2 Å². The predicted molar refractivity (Wildman–Crippen MR) is 76.3 cm³/mol. The molecule has 0 bridgehead atoms. The highest BCUT2D eigenvalue weighted by atomic mass is 16.3. The van der Waals surface area contributed by atoms with Crippen LogP contribution in [0.3, 0.4) is 0 Å². The Bertz CT molecular complexity index is 691.